The number of nitrogens with one attached hydrogen (secondary N) is 1. The van der Waals surface area contributed by atoms with Crippen molar-refractivity contribution >= 4 is 21.8 Å². The van der Waals surface area contributed by atoms with E-state index in [1.54, 1.807) is 6.20 Å². The zero-order valence-electron chi connectivity index (χ0n) is 15.0. The van der Waals surface area contributed by atoms with E-state index in [1.165, 1.54) is 0 Å². The molecule has 1 amide bonds. The quantitative estimate of drug-likeness (QED) is 0.671. The zero-order chi connectivity index (χ0) is 18.8. The van der Waals surface area contributed by atoms with E-state index in [4.69, 9.17) is 4.74 Å². The van der Waals surface area contributed by atoms with E-state index < -0.39 is 0 Å². The van der Waals surface area contributed by atoms with Crippen molar-refractivity contribution in [2.75, 3.05) is 6.61 Å². The highest BCUT2D eigenvalue weighted by molar-refractivity contribution is 9.10. The van der Waals surface area contributed by atoms with Crippen LogP contribution >= 0.6 is 15.9 Å². The van der Waals surface area contributed by atoms with E-state index in [2.05, 4.69) is 26.3 Å². The third-order valence-corrected chi connectivity index (χ3v) is 5.26. The summed E-state index contributed by atoms with van der Waals surface area (Å²) in [6, 6.07) is 15.7. The number of ether oxygens (including phenoxy) is 1. The van der Waals surface area contributed by atoms with Crippen LogP contribution < -0.4 is 10.1 Å². The molecule has 0 spiro atoms. The zero-order valence-corrected chi connectivity index (χ0v) is 16.6. The number of halogens is 1. The number of carbonyl (C=O) groups excluding carboxylic acids is 1. The van der Waals surface area contributed by atoms with Crippen LogP contribution in [-0.4, -0.2) is 22.3 Å². The fourth-order valence-corrected chi connectivity index (χ4v) is 3.83. The minimum atomic E-state index is -0.105. The first-order chi connectivity index (χ1) is 13.2. The highest BCUT2D eigenvalue weighted by atomic mass is 79.9. The fourth-order valence-electron chi connectivity index (χ4n) is 3.45. The molecule has 0 fully saturated rings. The largest absolute Gasteiger partial charge is 0.493 e. The number of rotatable bonds is 4. The molecule has 138 valence electrons. The normalized spacial score (nSPS) is 15.7. The molecule has 6 heteroatoms. The first kappa shape index (κ1) is 17.8. The van der Waals surface area contributed by atoms with Gasteiger partial charge in [-0.2, -0.15) is 5.10 Å². The van der Waals surface area contributed by atoms with Crippen LogP contribution in [0.25, 0.3) is 5.69 Å². The summed E-state index contributed by atoms with van der Waals surface area (Å²) in [7, 11) is 0. The average Bonchev–Trinajstić information content (AvgIpc) is 3.13. The summed E-state index contributed by atoms with van der Waals surface area (Å²) in [5.74, 6) is 0.720. The third-order valence-electron chi connectivity index (χ3n) is 4.77. The van der Waals surface area contributed by atoms with Gasteiger partial charge in [0.1, 0.15) is 5.75 Å². The van der Waals surface area contributed by atoms with Crippen LogP contribution in [0.5, 0.6) is 5.75 Å². The number of fused-ring (bicyclic) bond motifs is 1. The third kappa shape index (κ3) is 3.49. The van der Waals surface area contributed by atoms with Gasteiger partial charge >= 0.3 is 0 Å². The summed E-state index contributed by atoms with van der Waals surface area (Å²) in [4.78, 5) is 13.0. The number of nitrogens with zero attached hydrogens (tertiary/aromatic N) is 2. The van der Waals surface area contributed by atoms with Gasteiger partial charge in [-0.1, -0.05) is 41.1 Å². The molecule has 0 aliphatic carbocycles. The van der Waals surface area contributed by atoms with Gasteiger partial charge in [0.25, 0.3) is 5.91 Å². The van der Waals surface area contributed by atoms with E-state index in [0.29, 0.717) is 18.6 Å². The van der Waals surface area contributed by atoms with E-state index in [-0.39, 0.29) is 11.9 Å². The maximum Gasteiger partial charge on any atom is 0.255 e. The number of carbonyl (C=O) groups is 1. The Morgan fingerprint density at radius 1 is 1.30 bits per heavy atom. The summed E-state index contributed by atoms with van der Waals surface area (Å²) in [5.41, 5.74) is 3.47. The lowest BCUT2D eigenvalue weighted by atomic mass is 10.00. The minimum absolute atomic E-state index is 0.0801. The van der Waals surface area contributed by atoms with Crippen molar-refractivity contribution in [3.8, 4) is 11.4 Å². The molecule has 2 heterocycles. The Morgan fingerprint density at radius 2 is 2.11 bits per heavy atom. The molecular formula is C21H20BrN3O2. The Morgan fingerprint density at radius 3 is 2.89 bits per heavy atom. The van der Waals surface area contributed by atoms with Crippen LogP contribution in [0.1, 0.15) is 41.0 Å². The first-order valence-electron chi connectivity index (χ1n) is 9.02. The number of aromatic nitrogens is 2. The van der Waals surface area contributed by atoms with E-state index in [9.17, 15) is 4.79 Å². The molecule has 3 aromatic rings. The van der Waals surface area contributed by atoms with Gasteiger partial charge in [-0.25, -0.2) is 4.68 Å². The highest BCUT2D eigenvalue weighted by Gasteiger charge is 2.25. The van der Waals surface area contributed by atoms with Crippen LogP contribution in [0.4, 0.5) is 0 Å². The predicted octanol–water partition coefficient (Wildman–Crippen LogP) is 4.45. The van der Waals surface area contributed by atoms with E-state index in [0.717, 1.165) is 33.6 Å². The van der Waals surface area contributed by atoms with Crippen LogP contribution in [-0.2, 0) is 6.42 Å². The molecule has 0 bridgehead atoms. The molecule has 1 N–H and O–H groups in total. The number of amides is 1. The standard InChI is InChI=1S/C21H20BrN3O2/c1-2-19-17(13-23-25(19)15-6-4-3-5-7-15)21(26)24-18-10-11-27-20-9-8-14(22)12-16(18)20/h3-9,12-13,18H,2,10-11H2,1H3,(H,24,26). The monoisotopic (exact) mass is 425 g/mol. The number of benzene rings is 2. The van der Waals surface area contributed by atoms with Gasteiger partial charge in [0, 0.05) is 16.5 Å². The van der Waals surface area contributed by atoms with Crippen molar-refractivity contribution in [3.05, 3.63) is 76.0 Å². The maximum atomic E-state index is 13.0. The van der Waals surface area contributed by atoms with Gasteiger partial charge < -0.3 is 10.1 Å². The summed E-state index contributed by atoms with van der Waals surface area (Å²) in [6.07, 6.45) is 3.11. The van der Waals surface area contributed by atoms with Crippen molar-refractivity contribution in [3.63, 3.8) is 0 Å². The second kappa shape index (κ2) is 7.56. The first-order valence-corrected chi connectivity index (χ1v) is 9.82. The van der Waals surface area contributed by atoms with Crippen LogP contribution in [0, 0.1) is 0 Å². The number of hydrogen-bond acceptors (Lipinski definition) is 3. The molecule has 5 nitrogen and oxygen atoms in total. The van der Waals surface area contributed by atoms with Crippen molar-refractivity contribution in [2.45, 2.75) is 25.8 Å². The summed E-state index contributed by atoms with van der Waals surface area (Å²) < 4.78 is 8.52. The summed E-state index contributed by atoms with van der Waals surface area (Å²) >= 11 is 3.50. The molecule has 0 radical (unpaired) electrons. The van der Waals surface area contributed by atoms with E-state index >= 15 is 0 Å². The van der Waals surface area contributed by atoms with Gasteiger partial charge in [0.15, 0.2) is 0 Å². The van der Waals surface area contributed by atoms with Crippen molar-refractivity contribution < 1.29 is 9.53 Å². The van der Waals surface area contributed by atoms with Crippen molar-refractivity contribution in [1.82, 2.24) is 15.1 Å². The second-order valence-corrected chi connectivity index (χ2v) is 7.37. The molecule has 1 aliphatic rings. The lowest BCUT2D eigenvalue weighted by Crippen LogP contribution is -2.32. The molecular weight excluding hydrogens is 406 g/mol. The fraction of sp³-hybridized carbons (Fsp3) is 0.238. The van der Waals surface area contributed by atoms with Crippen molar-refractivity contribution in [1.29, 1.82) is 0 Å². The van der Waals surface area contributed by atoms with Gasteiger partial charge in [-0.15, -0.1) is 0 Å². The Bertz CT molecular complexity index is 969. The molecule has 2 aromatic carbocycles. The molecule has 1 atom stereocenters. The maximum absolute atomic E-state index is 13.0. The Labute approximate surface area is 166 Å². The Kier molecular flexibility index (Phi) is 4.99. The van der Waals surface area contributed by atoms with Crippen LogP contribution in [0.3, 0.4) is 0 Å². The lowest BCUT2D eigenvalue weighted by Gasteiger charge is -2.27. The SMILES string of the molecule is CCc1c(C(=O)NC2CCOc3ccc(Br)cc32)cnn1-c1ccccc1. The Hall–Kier alpha value is -2.60. The average molecular weight is 426 g/mol. The van der Waals surface area contributed by atoms with Gasteiger partial charge in [0.2, 0.25) is 0 Å². The van der Waals surface area contributed by atoms with Gasteiger partial charge in [-0.3, -0.25) is 4.79 Å². The molecule has 1 aromatic heterocycles. The molecule has 1 unspecified atom stereocenters. The van der Waals surface area contributed by atoms with Gasteiger partial charge in [0.05, 0.1) is 35.8 Å². The minimum Gasteiger partial charge on any atom is -0.493 e. The summed E-state index contributed by atoms with van der Waals surface area (Å²) in [6.45, 7) is 2.62. The molecule has 4 rings (SSSR count). The molecule has 0 saturated carbocycles. The molecule has 0 saturated heterocycles. The van der Waals surface area contributed by atoms with E-state index in [1.807, 2.05) is 60.1 Å². The molecule has 27 heavy (non-hydrogen) atoms. The smallest absolute Gasteiger partial charge is 0.255 e. The number of hydrogen-bond donors (Lipinski definition) is 1. The van der Waals surface area contributed by atoms with Crippen LogP contribution in [0.2, 0.25) is 0 Å². The molecule has 1 aliphatic heterocycles. The number of para-hydroxylation sites is 1. The Balaban J connectivity index is 1.62. The second-order valence-electron chi connectivity index (χ2n) is 6.45. The summed E-state index contributed by atoms with van der Waals surface area (Å²) in [5, 5.41) is 7.62. The topological polar surface area (TPSA) is 56.1 Å². The van der Waals surface area contributed by atoms with Crippen molar-refractivity contribution in [2.24, 2.45) is 0 Å². The predicted molar refractivity (Wildman–Crippen MR) is 107 cm³/mol. The lowest BCUT2D eigenvalue weighted by molar-refractivity contribution is 0.0924. The van der Waals surface area contributed by atoms with Crippen LogP contribution in [0.15, 0.2) is 59.2 Å². The van der Waals surface area contributed by atoms with Gasteiger partial charge in [-0.05, 0) is 36.8 Å². The highest BCUT2D eigenvalue weighted by Crippen LogP contribution is 2.34.